The average molecular weight is 347 g/mol. The molecule has 0 aliphatic heterocycles. The Balaban J connectivity index is 1.94. The molecule has 25 heavy (non-hydrogen) atoms. The number of thiophene rings is 1. The lowest BCUT2D eigenvalue weighted by atomic mass is 9.69. The minimum atomic E-state index is -0.347. The first-order valence-electron chi connectivity index (χ1n) is 7.97. The zero-order chi connectivity index (χ0) is 17.4. The predicted octanol–water partition coefficient (Wildman–Crippen LogP) is 3.91. The van der Waals surface area contributed by atoms with Gasteiger partial charge in [-0.15, -0.1) is 5.10 Å². The Morgan fingerprint density at radius 1 is 1.28 bits per heavy atom. The topological polar surface area (TPSA) is 60.9 Å². The highest BCUT2D eigenvalue weighted by molar-refractivity contribution is 7.08. The van der Waals surface area contributed by atoms with E-state index in [2.05, 4.69) is 46.7 Å². The first kappa shape index (κ1) is 15.6. The van der Waals surface area contributed by atoms with E-state index >= 15 is 0 Å². The van der Waals surface area contributed by atoms with Gasteiger partial charge in [0.15, 0.2) is 5.82 Å². The summed E-state index contributed by atoms with van der Waals surface area (Å²) in [5, 5.41) is 8.46. The zero-order valence-corrected chi connectivity index (χ0v) is 14.4. The number of rotatable bonds is 3. The standard InChI is InChI=1S/C20H17N3OS/c1-2-18(24)23-17-12-20(15-9-11-25-13-15,14-6-4-3-5-7-14)10-8-16(17)19(21)22-23/h2-11,13H,1,12H2,(H2,21,22). The summed E-state index contributed by atoms with van der Waals surface area (Å²) in [6.07, 6.45) is 6.04. The highest BCUT2D eigenvalue weighted by Crippen LogP contribution is 2.43. The summed E-state index contributed by atoms with van der Waals surface area (Å²) in [7, 11) is 0. The summed E-state index contributed by atoms with van der Waals surface area (Å²) >= 11 is 1.66. The number of hydrogen-bond donors (Lipinski definition) is 1. The van der Waals surface area contributed by atoms with E-state index in [9.17, 15) is 4.79 Å². The molecular weight excluding hydrogens is 330 g/mol. The first-order chi connectivity index (χ1) is 12.2. The molecule has 0 amide bonds. The third-order valence-corrected chi connectivity index (χ3v) is 5.42. The fourth-order valence-electron chi connectivity index (χ4n) is 3.47. The van der Waals surface area contributed by atoms with E-state index in [0.717, 1.165) is 11.3 Å². The van der Waals surface area contributed by atoms with E-state index in [-0.39, 0.29) is 11.3 Å². The number of anilines is 1. The summed E-state index contributed by atoms with van der Waals surface area (Å²) in [6, 6.07) is 12.4. The average Bonchev–Trinajstić information content (AvgIpc) is 3.30. The van der Waals surface area contributed by atoms with Crippen LogP contribution in [-0.4, -0.2) is 15.7 Å². The molecule has 3 aromatic rings. The van der Waals surface area contributed by atoms with Gasteiger partial charge in [0.05, 0.1) is 5.69 Å². The van der Waals surface area contributed by atoms with Gasteiger partial charge in [-0.05, 0) is 34.0 Å². The van der Waals surface area contributed by atoms with Crippen LogP contribution in [0.4, 0.5) is 5.82 Å². The number of carbonyl (C=O) groups excluding carboxylic acids is 1. The summed E-state index contributed by atoms with van der Waals surface area (Å²) in [4.78, 5) is 12.2. The number of nitrogens with two attached hydrogens (primary N) is 1. The molecule has 0 spiro atoms. The smallest absolute Gasteiger partial charge is 0.270 e. The second-order valence-electron chi connectivity index (χ2n) is 6.06. The number of aromatic nitrogens is 2. The van der Waals surface area contributed by atoms with E-state index in [0.29, 0.717) is 12.2 Å². The lowest BCUT2D eigenvalue weighted by Gasteiger charge is -2.34. The number of nitrogen functional groups attached to an aromatic ring is 1. The normalized spacial score (nSPS) is 18.7. The Hall–Kier alpha value is -2.92. The van der Waals surface area contributed by atoms with Crippen molar-refractivity contribution in [1.82, 2.24) is 9.78 Å². The number of carbonyl (C=O) groups is 1. The second kappa shape index (κ2) is 5.86. The zero-order valence-electron chi connectivity index (χ0n) is 13.6. The molecule has 1 aliphatic rings. The van der Waals surface area contributed by atoms with Gasteiger partial charge in [0, 0.05) is 17.4 Å². The molecule has 4 nitrogen and oxygen atoms in total. The third-order valence-electron chi connectivity index (χ3n) is 4.74. The molecule has 2 aromatic heterocycles. The van der Waals surface area contributed by atoms with E-state index in [1.807, 2.05) is 24.3 Å². The maximum absolute atomic E-state index is 12.2. The maximum atomic E-state index is 12.2. The summed E-state index contributed by atoms with van der Waals surface area (Å²) in [5.74, 6) is 0.101. The van der Waals surface area contributed by atoms with Gasteiger partial charge in [-0.2, -0.15) is 16.0 Å². The summed E-state index contributed by atoms with van der Waals surface area (Å²) in [6.45, 7) is 3.57. The number of benzene rings is 1. The molecule has 5 heteroatoms. The number of allylic oxidation sites excluding steroid dienone is 2. The van der Waals surface area contributed by atoms with Gasteiger partial charge in [-0.1, -0.05) is 49.1 Å². The molecule has 124 valence electrons. The summed E-state index contributed by atoms with van der Waals surface area (Å²) < 4.78 is 1.38. The molecule has 1 aliphatic carbocycles. The van der Waals surface area contributed by atoms with Crippen LogP contribution in [0.25, 0.3) is 6.08 Å². The highest BCUT2D eigenvalue weighted by atomic mass is 32.1. The van der Waals surface area contributed by atoms with Crippen molar-refractivity contribution in [3.8, 4) is 0 Å². The molecule has 1 unspecified atom stereocenters. The van der Waals surface area contributed by atoms with Crippen molar-refractivity contribution in [2.75, 3.05) is 5.73 Å². The molecule has 2 N–H and O–H groups in total. The van der Waals surface area contributed by atoms with Crippen molar-refractivity contribution in [2.24, 2.45) is 0 Å². The number of fused-ring (bicyclic) bond motifs is 1. The van der Waals surface area contributed by atoms with Crippen LogP contribution in [0.15, 0.2) is 65.9 Å². The fraction of sp³-hybridized carbons (Fsp3) is 0.100. The van der Waals surface area contributed by atoms with Crippen LogP contribution < -0.4 is 5.73 Å². The SMILES string of the molecule is C=CC(=O)n1nc(N)c2c1CC(c1ccccc1)(c1ccsc1)C=C2. The van der Waals surface area contributed by atoms with Crippen LogP contribution in [0.5, 0.6) is 0 Å². The van der Waals surface area contributed by atoms with E-state index in [1.165, 1.54) is 21.9 Å². The molecule has 1 aromatic carbocycles. The van der Waals surface area contributed by atoms with Gasteiger partial charge in [-0.25, -0.2) is 0 Å². The molecule has 0 radical (unpaired) electrons. The van der Waals surface area contributed by atoms with Crippen molar-refractivity contribution >= 4 is 29.1 Å². The molecule has 4 rings (SSSR count). The van der Waals surface area contributed by atoms with E-state index in [1.54, 1.807) is 11.3 Å². The van der Waals surface area contributed by atoms with Crippen molar-refractivity contribution < 1.29 is 4.79 Å². The van der Waals surface area contributed by atoms with E-state index < -0.39 is 0 Å². The highest BCUT2D eigenvalue weighted by Gasteiger charge is 2.38. The Bertz CT molecular complexity index is 970. The van der Waals surface area contributed by atoms with Gasteiger partial charge < -0.3 is 5.73 Å². The van der Waals surface area contributed by atoms with Gasteiger partial charge in [0.2, 0.25) is 0 Å². The molecule has 0 bridgehead atoms. The van der Waals surface area contributed by atoms with Crippen LogP contribution in [0.2, 0.25) is 0 Å². The minimum Gasteiger partial charge on any atom is -0.382 e. The molecule has 0 fully saturated rings. The Kier molecular flexibility index (Phi) is 3.66. The molecule has 1 atom stereocenters. The van der Waals surface area contributed by atoms with Gasteiger partial charge >= 0.3 is 0 Å². The largest absolute Gasteiger partial charge is 0.382 e. The van der Waals surface area contributed by atoms with Crippen molar-refractivity contribution in [1.29, 1.82) is 0 Å². The monoisotopic (exact) mass is 347 g/mol. The minimum absolute atomic E-state index is 0.268. The van der Waals surface area contributed by atoms with Crippen LogP contribution in [0.3, 0.4) is 0 Å². The fourth-order valence-corrected chi connectivity index (χ4v) is 4.21. The van der Waals surface area contributed by atoms with Crippen LogP contribution in [-0.2, 0) is 11.8 Å². The second-order valence-corrected chi connectivity index (χ2v) is 6.84. The van der Waals surface area contributed by atoms with Crippen molar-refractivity contribution in [3.63, 3.8) is 0 Å². The lowest BCUT2D eigenvalue weighted by Crippen LogP contribution is -2.32. The molecular formula is C20H17N3OS. The quantitative estimate of drug-likeness (QED) is 0.731. The Labute approximate surface area is 149 Å². The third kappa shape index (κ3) is 2.36. The number of hydrogen-bond acceptors (Lipinski definition) is 4. The van der Waals surface area contributed by atoms with Gasteiger partial charge in [0.1, 0.15) is 0 Å². The van der Waals surface area contributed by atoms with Gasteiger partial charge in [-0.3, -0.25) is 4.79 Å². The van der Waals surface area contributed by atoms with Gasteiger partial charge in [0.25, 0.3) is 5.91 Å². The first-order valence-corrected chi connectivity index (χ1v) is 8.91. The maximum Gasteiger partial charge on any atom is 0.270 e. The Morgan fingerprint density at radius 2 is 2.08 bits per heavy atom. The molecule has 2 heterocycles. The Morgan fingerprint density at radius 3 is 2.76 bits per heavy atom. The van der Waals surface area contributed by atoms with Crippen molar-refractivity contribution in [3.05, 3.63) is 88.3 Å². The summed E-state index contributed by atoms with van der Waals surface area (Å²) in [5.41, 5.74) is 9.69. The van der Waals surface area contributed by atoms with Crippen LogP contribution in [0.1, 0.15) is 27.2 Å². The lowest BCUT2D eigenvalue weighted by molar-refractivity contribution is 0.0950. The predicted molar refractivity (Wildman–Crippen MR) is 102 cm³/mol. The van der Waals surface area contributed by atoms with Crippen molar-refractivity contribution in [2.45, 2.75) is 11.8 Å². The van der Waals surface area contributed by atoms with E-state index in [4.69, 9.17) is 5.73 Å². The van der Waals surface area contributed by atoms with Crippen LogP contribution in [0, 0.1) is 0 Å². The van der Waals surface area contributed by atoms with Crippen LogP contribution >= 0.6 is 11.3 Å². The molecule has 0 saturated heterocycles. The number of nitrogens with zero attached hydrogens (tertiary/aromatic N) is 2. The molecule has 0 saturated carbocycles.